The van der Waals surface area contributed by atoms with Crippen molar-refractivity contribution in [2.24, 2.45) is 0 Å². The Bertz CT molecular complexity index is 1470. The van der Waals surface area contributed by atoms with Crippen molar-refractivity contribution in [3.8, 4) is 0 Å². The molecule has 2 aromatic carbocycles. The van der Waals surface area contributed by atoms with E-state index in [4.69, 9.17) is 9.47 Å². The van der Waals surface area contributed by atoms with Gasteiger partial charge < -0.3 is 9.47 Å². The SMILES string of the molecule is CCCCCCCCCCCC1=C(OC(=O)c2ccccc2[N+](=O)[O-])C(=O)C=C(OC(=O)c2ccccc2[N+](=O)[O-])C1=O. The monoisotopic (exact) mass is 592 g/mol. The van der Waals surface area contributed by atoms with Crippen LogP contribution in [-0.4, -0.2) is 33.4 Å². The van der Waals surface area contributed by atoms with E-state index in [9.17, 15) is 39.4 Å². The summed E-state index contributed by atoms with van der Waals surface area (Å²) in [7, 11) is 0. The van der Waals surface area contributed by atoms with Crippen LogP contribution in [0.2, 0.25) is 0 Å². The van der Waals surface area contributed by atoms with Gasteiger partial charge in [-0.2, -0.15) is 0 Å². The number of unbranched alkanes of at least 4 members (excludes halogenated alkanes) is 8. The van der Waals surface area contributed by atoms with Crippen LogP contribution in [0.4, 0.5) is 11.4 Å². The molecule has 0 atom stereocenters. The minimum Gasteiger partial charge on any atom is -0.418 e. The molecule has 0 spiro atoms. The molecule has 3 rings (SSSR count). The number of para-hydroxylation sites is 2. The number of hydrogen-bond acceptors (Lipinski definition) is 10. The van der Waals surface area contributed by atoms with Crippen LogP contribution in [0.1, 0.15) is 91.8 Å². The van der Waals surface area contributed by atoms with E-state index in [0.717, 1.165) is 56.4 Å². The lowest BCUT2D eigenvalue weighted by atomic mass is 9.94. The summed E-state index contributed by atoms with van der Waals surface area (Å²) >= 11 is 0. The zero-order valence-electron chi connectivity index (χ0n) is 23.7. The number of ether oxygens (including phenoxy) is 2. The number of nitro benzene ring substituents is 2. The average molecular weight is 593 g/mol. The fraction of sp³-hybridized carbons (Fsp3) is 0.355. The van der Waals surface area contributed by atoms with Crippen LogP contribution < -0.4 is 0 Å². The number of hydrogen-bond donors (Lipinski definition) is 0. The summed E-state index contributed by atoms with van der Waals surface area (Å²) in [5, 5.41) is 22.7. The predicted octanol–water partition coefficient (Wildman–Crippen LogP) is 6.73. The summed E-state index contributed by atoms with van der Waals surface area (Å²) in [6.07, 6.45) is 9.42. The number of rotatable bonds is 16. The maximum Gasteiger partial charge on any atom is 0.350 e. The summed E-state index contributed by atoms with van der Waals surface area (Å²) in [5.74, 6) is -5.59. The Morgan fingerprint density at radius 1 is 0.698 bits per heavy atom. The number of benzene rings is 2. The first-order valence-electron chi connectivity index (χ1n) is 14.1. The van der Waals surface area contributed by atoms with Gasteiger partial charge in [-0.15, -0.1) is 0 Å². The quantitative estimate of drug-likeness (QED) is 0.0668. The van der Waals surface area contributed by atoms with Crippen molar-refractivity contribution in [3.05, 3.63) is 103 Å². The molecule has 0 aliphatic heterocycles. The van der Waals surface area contributed by atoms with Gasteiger partial charge in [-0.25, -0.2) is 9.59 Å². The van der Waals surface area contributed by atoms with Gasteiger partial charge in [0.2, 0.25) is 11.6 Å². The van der Waals surface area contributed by atoms with Gasteiger partial charge in [-0.1, -0.05) is 82.6 Å². The van der Waals surface area contributed by atoms with Crippen LogP contribution >= 0.6 is 0 Å². The summed E-state index contributed by atoms with van der Waals surface area (Å²) in [4.78, 5) is 73.4. The van der Waals surface area contributed by atoms with Gasteiger partial charge in [0, 0.05) is 18.2 Å². The van der Waals surface area contributed by atoms with E-state index in [1.807, 2.05) is 0 Å². The topological polar surface area (TPSA) is 173 Å². The lowest BCUT2D eigenvalue weighted by Crippen LogP contribution is -2.25. The number of ketones is 2. The number of nitrogens with zero attached hydrogens (tertiary/aromatic N) is 2. The summed E-state index contributed by atoms with van der Waals surface area (Å²) in [5.41, 5.74) is -2.16. The molecule has 1 aliphatic rings. The Hall–Kier alpha value is -5.00. The van der Waals surface area contributed by atoms with Gasteiger partial charge in [0.05, 0.1) is 15.4 Å². The van der Waals surface area contributed by atoms with Gasteiger partial charge in [0.1, 0.15) is 11.1 Å². The molecule has 0 aromatic heterocycles. The first-order valence-corrected chi connectivity index (χ1v) is 14.1. The van der Waals surface area contributed by atoms with Crippen molar-refractivity contribution in [2.75, 3.05) is 0 Å². The van der Waals surface area contributed by atoms with Crippen LogP contribution in [0.5, 0.6) is 0 Å². The highest BCUT2D eigenvalue weighted by Crippen LogP contribution is 2.29. The highest BCUT2D eigenvalue weighted by molar-refractivity contribution is 6.22. The number of nitro groups is 2. The van der Waals surface area contributed by atoms with Gasteiger partial charge in [0.25, 0.3) is 11.4 Å². The third-order valence-electron chi connectivity index (χ3n) is 6.83. The molecule has 0 heterocycles. The van der Waals surface area contributed by atoms with E-state index < -0.39 is 67.4 Å². The summed E-state index contributed by atoms with van der Waals surface area (Å²) < 4.78 is 10.4. The van der Waals surface area contributed by atoms with Crippen LogP contribution in [0.15, 0.2) is 71.7 Å². The van der Waals surface area contributed by atoms with E-state index in [2.05, 4.69) is 6.92 Å². The maximum absolute atomic E-state index is 13.4. The fourth-order valence-corrected chi connectivity index (χ4v) is 4.59. The molecule has 0 bridgehead atoms. The smallest absolute Gasteiger partial charge is 0.350 e. The molecule has 0 saturated heterocycles. The number of allylic oxidation sites excluding steroid dienone is 2. The predicted molar refractivity (Wildman–Crippen MR) is 154 cm³/mol. The van der Waals surface area contributed by atoms with E-state index in [1.54, 1.807) is 0 Å². The molecule has 12 heteroatoms. The number of Topliss-reactive ketones (excluding diaryl/α,β-unsaturated/α-hetero) is 1. The number of carbonyl (C=O) groups is 4. The summed E-state index contributed by atoms with van der Waals surface area (Å²) in [6, 6.07) is 9.97. The molecule has 43 heavy (non-hydrogen) atoms. The zero-order chi connectivity index (χ0) is 31.4. The van der Waals surface area contributed by atoms with Crippen molar-refractivity contribution >= 4 is 34.9 Å². The van der Waals surface area contributed by atoms with Gasteiger partial charge in [0.15, 0.2) is 11.5 Å². The second-order valence-corrected chi connectivity index (χ2v) is 9.92. The van der Waals surface area contributed by atoms with Crippen LogP contribution in [0.3, 0.4) is 0 Å². The molecule has 1 aliphatic carbocycles. The van der Waals surface area contributed by atoms with E-state index in [1.165, 1.54) is 37.1 Å². The lowest BCUT2D eigenvalue weighted by Gasteiger charge is -2.18. The van der Waals surface area contributed by atoms with Crippen LogP contribution in [-0.2, 0) is 19.1 Å². The molecule has 2 aromatic rings. The fourth-order valence-electron chi connectivity index (χ4n) is 4.59. The van der Waals surface area contributed by atoms with Crippen LogP contribution in [0, 0.1) is 20.2 Å². The number of esters is 2. The van der Waals surface area contributed by atoms with Crippen molar-refractivity contribution in [1.82, 2.24) is 0 Å². The van der Waals surface area contributed by atoms with Crippen molar-refractivity contribution in [1.29, 1.82) is 0 Å². The molecule has 12 nitrogen and oxygen atoms in total. The van der Waals surface area contributed by atoms with E-state index in [-0.39, 0.29) is 12.0 Å². The summed E-state index contributed by atoms with van der Waals surface area (Å²) in [6.45, 7) is 2.14. The Morgan fingerprint density at radius 3 is 1.67 bits per heavy atom. The van der Waals surface area contributed by atoms with E-state index in [0.29, 0.717) is 18.9 Å². The second-order valence-electron chi connectivity index (χ2n) is 9.92. The van der Waals surface area contributed by atoms with Crippen LogP contribution in [0.25, 0.3) is 0 Å². The molecule has 0 unspecified atom stereocenters. The molecule has 0 radical (unpaired) electrons. The molecule has 0 saturated carbocycles. The highest BCUT2D eigenvalue weighted by Gasteiger charge is 2.35. The largest absolute Gasteiger partial charge is 0.418 e. The second kappa shape index (κ2) is 15.9. The average Bonchev–Trinajstić information content (AvgIpc) is 2.99. The Kier molecular flexibility index (Phi) is 12.0. The third-order valence-corrected chi connectivity index (χ3v) is 6.83. The van der Waals surface area contributed by atoms with Crippen molar-refractivity contribution < 1.29 is 38.5 Å². The zero-order valence-corrected chi connectivity index (χ0v) is 23.7. The Labute approximate surface area is 247 Å². The van der Waals surface area contributed by atoms with Crippen molar-refractivity contribution in [2.45, 2.75) is 71.1 Å². The Balaban J connectivity index is 1.82. The lowest BCUT2D eigenvalue weighted by molar-refractivity contribution is -0.385. The number of carbonyl (C=O) groups excluding carboxylic acids is 4. The minimum absolute atomic E-state index is 0.000277. The molecule has 0 fully saturated rings. The van der Waals surface area contributed by atoms with Gasteiger partial charge in [-0.05, 0) is 25.0 Å². The third kappa shape index (κ3) is 8.74. The molecule has 0 amide bonds. The first kappa shape index (κ1) is 32.5. The molecule has 0 N–H and O–H groups in total. The maximum atomic E-state index is 13.4. The van der Waals surface area contributed by atoms with E-state index >= 15 is 0 Å². The van der Waals surface area contributed by atoms with Crippen molar-refractivity contribution in [3.63, 3.8) is 0 Å². The standard InChI is InChI=1S/C31H32N2O10/c1-2-3-4-5-6-7-8-9-10-17-23-28(35)27(42-30(36)21-15-11-13-18-24(21)32(38)39)20-26(34)29(23)43-31(37)22-16-12-14-19-25(22)33(40)41/h11-16,18-20H,2-10,17H2,1H3. The first-order chi connectivity index (χ1) is 20.6. The highest BCUT2D eigenvalue weighted by atomic mass is 16.6. The van der Waals surface area contributed by atoms with Gasteiger partial charge in [-0.3, -0.25) is 29.8 Å². The minimum atomic E-state index is -1.22. The molecular weight excluding hydrogens is 560 g/mol. The molecular formula is C31H32N2O10. The Morgan fingerprint density at radius 2 is 1.16 bits per heavy atom. The molecule has 226 valence electrons. The normalized spacial score (nSPS) is 13.0. The van der Waals surface area contributed by atoms with Gasteiger partial charge >= 0.3 is 11.9 Å².